The Hall–Kier alpha value is -1.24. The molecule has 1 aliphatic heterocycles. The van der Waals surface area contributed by atoms with Crippen LogP contribution in [0.15, 0.2) is 17.5 Å². The van der Waals surface area contributed by atoms with Gasteiger partial charge in [0.1, 0.15) is 5.71 Å². The van der Waals surface area contributed by atoms with E-state index in [-0.39, 0.29) is 12.4 Å². The van der Waals surface area contributed by atoms with Crippen molar-refractivity contribution < 1.29 is 10.2 Å². The molecule has 1 aromatic heterocycles. The van der Waals surface area contributed by atoms with Crippen molar-refractivity contribution in [3.05, 3.63) is 18.2 Å². The van der Waals surface area contributed by atoms with Gasteiger partial charge in [-0.05, 0) is 0 Å². The molecule has 1 aliphatic rings. The monoisotopic (exact) mass is 168 g/mol. The van der Waals surface area contributed by atoms with Crippen molar-refractivity contribution in [2.75, 3.05) is 6.67 Å². The highest BCUT2D eigenvalue weighted by molar-refractivity contribution is 6.04. The van der Waals surface area contributed by atoms with Crippen molar-refractivity contribution >= 4 is 5.71 Å². The van der Waals surface area contributed by atoms with Crippen LogP contribution >= 0.6 is 0 Å². The predicted octanol–water partition coefficient (Wildman–Crippen LogP) is -1.60. The van der Waals surface area contributed by atoms with Crippen LogP contribution < -0.4 is 5.32 Å². The second kappa shape index (κ2) is 2.37. The van der Waals surface area contributed by atoms with Crippen LogP contribution in [0.1, 0.15) is 5.69 Å². The summed E-state index contributed by atoms with van der Waals surface area (Å²) in [7, 11) is 0. The molecule has 0 spiro atoms. The zero-order valence-corrected chi connectivity index (χ0v) is 6.15. The van der Waals surface area contributed by atoms with Gasteiger partial charge in [0.05, 0.1) is 24.9 Å². The largest absolute Gasteiger partial charge is 0.348 e. The number of aromatic nitrogens is 2. The molecule has 0 amide bonds. The molecule has 12 heavy (non-hydrogen) atoms. The first-order chi connectivity index (χ1) is 5.70. The van der Waals surface area contributed by atoms with Crippen LogP contribution in [-0.2, 0) is 0 Å². The fourth-order valence-electron chi connectivity index (χ4n) is 1.08. The number of hydrogen-bond donors (Lipinski definition) is 4. The second-order valence-electron chi connectivity index (χ2n) is 2.48. The summed E-state index contributed by atoms with van der Waals surface area (Å²) in [6, 6.07) is 0. The van der Waals surface area contributed by atoms with Gasteiger partial charge in [-0.2, -0.15) is 0 Å². The molecule has 2 rings (SSSR count). The van der Waals surface area contributed by atoms with E-state index in [1.54, 1.807) is 0 Å². The lowest BCUT2D eigenvalue weighted by Gasteiger charge is -2.15. The normalized spacial score (nSPS) is 21.0. The molecule has 6 nitrogen and oxygen atoms in total. The van der Waals surface area contributed by atoms with Gasteiger partial charge in [0, 0.05) is 0 Å². The molecule has 64 valence electrons. The summed E-state index contributed by atoms with van der Waals surface area (Å²) in [6.45, 7) is 0.196. The van der Waals surface area contributed by atoms with Gasteiger partial charge >= 0.3 is 0 Å². The standard InChI is InChI=1S/C6H8N4O2/c11-6(12)5(9-3-10-6)4-1-7-2-8-4/h1-2,10-12H,3H2,(H,7,8). The topological polar surface area (TPSA) is 93.5 Å². The van der Waals surface area contributed by atoms with E-state index in [0.717, 1.165) is 0 Å². The summed E-state index contributed by atoms with van der Waals surface area (Å²) in [5.74, 6) is -2.04. The third-order valence-corrected chi connectivity index (χ3v) is 1.65. The predicted molar refractivity (Wildman–Crippen MR) is 40.3 cm³/mol. The third kappa shape index (κ3) is 1.02. The minimum Gasteiger partial charge on any atom is -0.348 e. The Morgan fingerprint density at radius 1 is 1.50 bits per heavy atom. The van der Waals surface area contributed by atoms with Gasteiger partial charge in [-0.15, -0.1) is 0 Å². The van der Waals surface area contributed by atoms with Gasteiger partial charge in [0.25, 0.3) is 5.91 Å². The van der Waals surface area contributed by atoms with Gasteiger partial charge in [-0.1, -0.05) is 0 Å². The maximum absolute atomic E-state index is 9.29. The summed E-state index contributed by atoms with van der Waals surface area (Å²) in [6.07, 6.45) is 2.93. The highest BCUT2D eigenvalue weighted by Crippen LogP contribution is 2.11. The summed E-state index contributed by atoms with van der Waals surface area (Å²) < 4.78 is 0. The first-order valence-corrected chi connectivity index (χ1v) is 3.43. The smallest absolute Gasteiger partial charge is 0.271 e. The van der Waals surface area contributed by atoms with Crippen LogP contribution in [0.25, 0.3) is 0 Å². The van der Waals surface area contributed by atoms with Crippen LogP contribution in [0, 0.1) is 0 Å². The van der Waals surface area contributed by atoms with Crippen LogP contribution in [-0.4, -0.2) is 38.5 Å². The van der Waals surface area contributed by atoms with Gasteiger partial charge in [0.2, 0.25) is 0 Å². The van der Waals surface area contributed by atoms with Crippen molar-refractivity contribution in [2.45, 2.75) is 5.91 Å². The maximum Gasteiger partial charge on any atom is 0.271 e. The molecular weight excluding hydrogens is 160 g/mol. The quantitative estimate of drug-likeness (QED) is 0.380. The molecular formula is C6H8N4O2. The zero-order chi connectivity index (χ0) is 8.60. The molecule has 0 radical (unpaired) electrons. The number of nitrogens with one attached hydrogen (secondary N) is 2. The summed E-state index contributed by atoms with van der Waals surface area (Å²) in [4.78, 5) is 10.3. The fourth-order valence-corrected chi connectivity index (χ4v) is 1.08. The fraction of sp³-hybridized carbons (Fsp3) is 0.333. The van der Waals surface area contributed by atoms with E-state index in [9.17, 15) is 10.2 Å². The number of H-pyrrole nitrogens is 1. The molecule has 0 aromatic carbocycles. The van der Waals surface area contributed by atoms with E-state index >= 15 is 0 Å². The van der Waals surface area contributed by atoms with Crippen molar-refractivity contribution in [1.29, 1.82) is 0 Å². The molecule has 4 N–H and O–H groups in total. The average molecular weight is 168 g/mol. The average Bonchev–Trinajstić information content (AvgIpc) is 2.55. The number of imidazole rings is 1. The van der Waals surface area contributed by atoms with E-state index in [4.69, 9.17) is 0 Å². The van der Waals surface area contributed by atoms with Crippen molar-refractivity contribution in [2.24, 2.45) is 4.99 Å². The molecule has 0 atom stereocenters. The highest BCUT2D eigenvalue weighted by Gasteiger charge is 2.35. The van der Waals surface area contributed by atoms with Crippen LogP contribution in [0.3, 0.4) is 0 Å². The van der Waals surface area contributed by atoms with Gasteiger partial charge in [-0.25, -0.2) is 10.3 Å². The lowest BCUT2D eigenvalue weighted by molar-refractivity contribution is -0.116. The van der Waals surface area contributed by atoms with Crippen LogP contribution in [0.2, 0.25) is 0 Å². The molecule has 6 heteroatoms. The number of aliphatic hydroxyl groups is 2. The third-order valence-electron chi connectivity index (χ3n) is 1.65. The maximum atomic E-state index is 9.29. The molecule has 0 saturated heterocycles. The van der Waals surface area contributed by atoms with Crippen molar-refractivity contribution in [3.8, 4) is 0 Å². The summed E-state index contributed by atoms with van der Waals surface area (Å²) in [5, 5.41) is 21.0. The van der Waals surface area contributed by atoms with E-state index < -0.39 is 5.91 Å². The van der Waals surface area contributed by atoms with Gasteiger partial charge in [-0.3, -0.25) is 4.99 Å². The Bertz CT molecular complexity index is 303. The lowest BCUT2D eigenvalue weighted by atomic mass is 10.2. The minimum atomic E-state index is -2.04. The van der Waals surface area contributed by atoms with Crippen LogP contribution in [0.4, 0.5) is 0 Å². The summed E-state index contributed by atoms with van der Waals surface area (Å²) in [5.41, 5.74) is 0.671. The Kier molecular flexibility index (Phi) is 1.47. The summed E-state index contributed by atoms with van der Waals surface area (Å²) >= 11 is 0. The Morgan fingerprint density at radius 2 is 2.33 bits per heavy atom. The zero-order valence-electron chi connectivity index (χ0n) is 6.15. The first-order valence-electron chi connectivity index (χ1n) is 3.43. The number of rotatable bonds is 1. The Labute approximate surface area is 68.0 Å². The first kappa shape index (κ1) is 7.41. The molecule has 0 bridgehead atoms. The SMILES string of the molecule is OC1(O)NCN=C1c1cnc[nH]1. The molecule has 1 aromatic rings. The number of nitrogens with zero attached hydrogens (tertiary/aromatic N) is 2. The van der Waals surface area contributed by atoms with Gasteiger partial charge in [0.15, 0.2) is 0 Å². The van der Waals surface area contributed by atoms with E-state index in [2.05, 4.69) is 20.3 Å². The highest BCUT2D eigenvalue weighted by atomic mass is 16.5. The van der Waals surface area contributed by atoms with E-state index in [0.29, 0.717) is 5.69 Å². The van der Waals surface area contributed by atoms with E-state index in [1.165, 1.54) is 12.5 Å². The molecule has 0 fully saturated rings. The minimum absolute atomic E-state index is 0.167. The number of aromatic amines is 1. The Balaban J connectivity index is 2.36. The van der Waals surface area contributed by atoms with Crippen LogP contribution in [0.5, 0.6) is 0 Å². The second-order valence-corrected chi connectivity index (χ2v) is 2.48. The number of aliphatic imine (C=N–C) groups is 1. The van der Waals surface area contributed by atoms with Crippen molar-refractivity contribution in [3.63, 3.8) is 0 Å². The molecule has 0 saturated carbocycles. The van der Waals surface area contributed by atoms with Gasteiger partial charge < -0.3 is 15.2 Å². The molecule has 0 aliphatic carbocycles. The molecule has 2 heterocycles. The van der Waals surface area contributed by atoms with E-state index in [1.807, 2.05) is 0 Å². The lowest BCUT2D eigenvalue weighted by Crippen LogP contribution is -2.47. The molecule has 0 unspecified atom stereocenters. The van der Waals surface area contributed by atoms with Crippen molar-refractivity contribution in [1.82, 2.24) is 15.3 Å². The number of hydrogen-bond acceptors (Lipinski definition) is 5. The Morgan fingerprint density at radius 3 is 2.83 bits per heavy atom.